The highest BCUT2D eigenvalue weighted by Crippen LogP contribution is 2.56. The number of nitrogens with zero attached hydrogens (tertiary/aromatic N) is 2. The lowest BCUT2D eigenvalue weighted by Crippen LogP contribution is -2.46. The number of rotatable bonds is 4. The number of nitriles is 2. The van der Waals surface area contributed by atoms with E-state index in [1.54, 1.807) is 6.92 Å². The maximum Gasteiger partial charge on any atom is 0.333 e. The van der Waals surface area contributed by atoms with Gasteiger partial charge in [-0.2, -0.15) is 10.5 Å². The van der Waals surface area contributed by atoms with Crippen LogP contribution >= 0.6 is 0 Å². The van der Waals surface area contributed by atoms with Gasteiger partial charge in [0.25, 0.3) is 0 Å². The van der Waals surface area contributed by atoms with Gasteiger partial charge >= 0.3 is 5.97 Å². The van der Waals surface area contributed by atoms with Crippen molar-refractivity contribution in [3.63, 3.8) is 0 Å². The number of carbonyl (C=O) groups excluding carboxylic acids is 1. The monoisotopic (exact) mass is 375 g/mol. The van der Waals surface area contributed by atoms with Gasteiger partial charge in [0.05, 0.1) is 23.9 Å². The van der Waals surface area contributed by atoms with Crippen molar-refractivity contribution in [2.45, 2.75) is 45.4 Å². The van der Waals surface area contributed by atoms with Crippen molar-refractivity contribution in [2.75, 3.05) is 6.61 Å². The molecule has 3 atom stereocenters. The van der Waals surface area contributed by atoms with Gasteiger partial charge in [-0.15, -0.1) is 0 Å². The number of nitrogens with two attached hydrogens (primary N) is 1. The van der Waals surface area contributed by atoms with Gasteiger partial charge in [0.1, 0.15) is 6.07 Å². The number of benzene rings is 1. The SMILES string of the molecule is CCOC(=O)[C@]1(C#N)C(N)=C(C#N)C2=C(C[C@@H](CC)CC2)[C@H]1c1ccccc1. The molecule has 0 unspecified atom stereocenters. The van der Waals surface area contributed by atoms with E-state index in [9.17, 15) is 15.3 Å². The van der Waals surface area contributed by atoms with Crippen LogP contribution < -0.4 is 5.73 Å². The van der Waals surface area contributed by atoms with Gasteiger partial charge in [-0.3, -0.25) is 0 Å². The van der Waals surface area contributed by atoms with Gasteiger partial charge in [0.15, 0.2) is 0 Å². The van der Waals surface area contributed by atoms with Crippen LogP contribution in [0.2, 0.25) is 0 Å². The lowest BCUT2D eigenvalue weighted by molar-refractivity contribution is -0.151. The molecule has 1 aromatic rings. The molecule has 0 radical (unpaired) electrons. The first-order chi connectivity index (χ1) is 13.5. The van der Waals surface area contributed by atoms with Gasteiger partial charge in [-0.05, 0) is 43.2 Å². The number of esters is 1. The molecule has 5 heteroatoms. The van der Waals surface area contributed by atoms with Crippen molar-refractivity contribution in [3.8, 4) is 12.1 Å². The summed E-state index contributed by atoms with van der Waals surface area (Å²) in [6, 6.07) is 13.9. The Morgan fingerprint density at radius 3 is 2.57 bits per heavy atom. The molecular weight excluding hydrogens is 350 g/mol. The second-order valence-corrected chi connectivity index (χ2v) is 7.41. The predicted octanol–water partition coefficient (Wildman–Crippen LogP) is 4.10. The molecule has 0 amide bonds. The summed E-state index contributed by atoms with van der Waals surface area (Å²) in [6.45, 7) is 3.99. The van der Waals surface area contributed by atoms with Crippen molar-refractivity contribution in [1.29, 1.82) is 10.5 Å². The molecule has 1 aromatic carbocycles. The van der Waals surface area contributed by atoms with E-state index in [0.717, 1.165) is 42.4 Å². The van der Waals surface area contributed by atoms with Crippen molar-refractivity contribution in [1.82, 2.24) is 0 Å². The first kappa shape index (κ1) is 19.7. The summed E-state index contributed by atoms with van der Waals surface area (Å²) >= 11 is 0. The molecule has 144 valence electrons. The highest BCUT2D eigenvalue weighted by atomic mass is 16.5. The van der Waals surface area contributed by atoms with Crippen molar-refractivity contribution >= 4 is 5.97 Å². The Kier molecular flexibility index (Phi) is 5.56. The largest absolute Gasteiger partial charge is 0.464 e. The van der Waals surface area contributed by atoms with Crippen molar-refractivity contribution in [3.05, 3.63) is 58.3 Å². The second-order valence-electron chi connectivity index (χ2n) is 7.41. The first-order valence-corrected chi connectivity index (χ1v) is 9.81. The molecule has 2 aliphatic rings. The Morgan fingerprint density at radius 2 is 2.00 bits per heavy atom. The van der Waals surface area contributed by atoms with Crippen LogP contribution in [0.25, 0.3) is 0 Å². The van der Waals surface area contributed by atoms with Crippen molar-refractivity contribution < 1.29 is 9.53 Å². The molecule has 0 spiro atoms. The third-order valence-corrected chi connectivity index (χ3v) is 6.07. The van der Waals surface area contributed by atoms with E-state index in [4.69, 9.17) is 10.5 Å². The number of allylic oxidation sites excluding steroid dienone is 3. The molecule has 28 heavy (non-hydrogen) atoms. The molecular formula is C23H25N3O2. The van der Waals surface area contributed by atoms with E-state index < -0.39 is 17.3 Å². The van der Waals surface area contributed by atoms with Crippen LogP contribution in [0, 0.1) is 34.0 Å². The summed E-state index contributed by atoms with van der Waals surface area (Å²) in [6.07, 6.45) is 3.49. The molecule has 2 aliphatic carbocycles. The number of hydrogen-bond donors (Lipinski definition) is 1. The highest BCUT2D eigenvalue weighted by molar-refractivity contribution is 5.88. The van der Waals surface area contributed by atoms with E-state index >= 15 is 0 Å². The zero-order valence-corrected chi connectivity index (χ0v) is 16.4. The third kappa shape index (κ3) is 2.88. The maximum absolute atomic E-state index is 13.1. The third-order valence-electron chi connectivity index (χ3n) is 6.07. The first-order valence-electron chi connectivity index (χ1n) is 9.81. The van der Waals surface area contributed by atoms with Crippen LogP contribution in [0.15, 0.2) is 52.7 Å². The minimum absolute atomic E-state index is 0.0264. The fourth-order valence-corrected chi connectivity index (χ4v) is 4.62. The normalized spacial score (nSPS) is 26.9. The number of carbonyl (C=O) groups is 1. The van der Waals surface area contributed by atoms with Crippen molar-refractivity contribution in [2.24, 2.45) is 17.1 Å². The topological polar surface area (TPSA) is 99.9 Å². The van der Waals surface area contributed by atoms with Gasteiger partial charge in [0.2, 0.25) is 5.41 Å². The van der Waals surface area contributed by atoms with Crippen LogP contribution in [0.4, 0.5) is 0 Å². The average Bonchev–Trinajstić information content (AvgIpc) is 2.73. The van der Waals surface area contributed by atoms with Crippen LogP contribution in [0.1, 0.15) is 51.0 Å². The lowest BCUT2D eigenvalue weighted by Gasteiger charge is -2.43. The quantitative estimate of drug-likeness (QED) is 0.799. The summed E-state index contributed by atoms with van der Waals surface area (Å²) < 4.78 is 5.32. The Bertz CT molecular complexity index is 917. The second kappa shape index (κ2) is 7.90. The molecule has 5 nitrogen and oxygen atoms in total. The van der Waals surface area contributed by atoms with Gasteiger partial charge < -0.3 is 10.5 Å². The summed E-state index contributed by atoms with van der Waals surface area (Å²) in [5.74, 6) is -0.760. The maximum atomic E-state index is 13.1. The van der Waals surface area contributed by atoms with Gasteiger partial charge in [-0.1, -0.05) is 49.2 Å². The predicted molar refractivity (Wildman–Crippen MR) is 105 cm³/mol. The average molecular weight is 375 g/mol. The summed E-state index contributed by atoms with van der Waals surface area (Å²) in [5, 5.41) is 20.1. The molecule has 0 aliphatic heterocycles. The fourth-order valence-electron chi connectivity index (χ4n) is 4.62. The molecule has 0 saturated carbocycles. The van der Waals surface area contributed by atoms with E-state index in [1.807, 2.05) is 30.3 Å². The van der Waals surface area contributed by atoms with Crippen LogP contribution in [0.5, 0.6) is 0 Å². The Balaban J connectivity index is 2.33. The molecule has 3 rings (SSSR count). The molecule has 0 heterocycles. The smallest absolute Gasteiger partial charge is 0.333 e. The van der Waals surface area contributed by atoms with E-state index in [2.05, 4.69) is 19.1 Å². The number of hydrogen-bond acceptors (Lipinski definition) is 5. The zero-order chi connectivity index (χ0) is 20.3. The highest BCUT2D eigenvalue weighted by Gasteiger charge is 2.57. The van der Waals surface area contributed by atoms with Crippen LogP contribution in [-0.2, 0) is 9.53 Å². The summed E-state index contributed by atoms with van der Waals surface area (Å²) in [7, 11) is 0. The molecule has 0 aromatic heterocycles. The van der Waals surface area contributed by atoms with Gasteiger partial charge in [0, 0.05) is 5.92 Å². The van der Waals surface area contributed by atoms with Crippen LogP contribution in [-0.4, -0.2) is 12.6 Å². The lowest BCUT2D eigenvalue weighted by atomic mass is 9.58. The van der Waals surface area contributed by atoms with Gasteiger partial charge in [-0.25, -0.2) is 4.79 Å². The Hall–Kier alpha value is -3.05. The summed E-state index contributed by atoms with van der Waals surface area (Å²) in [4.78, 5) is 13.1. The molecule has 0 bridgehead atoms. The Labute approximate surface area is 166 Å². The Morgan fingerprint density at radius 1 is 1.29 bits per heavy atom. The molecule has 0 saturated heterocycles. The van der Waals surface area contributed by atoms with Crippen LogP contribution in [0.3, 0.4) is 0 Å². The fraction of sp³-hybridized carbons (Fsp3) is 0.435. The molecule has 2 N–H and O–H groups in total. The summed E-state index contributed by atoms with van der Waals surface area (Å²) in [5.41, 5.74) is 7.75. The zero-order valence-electron chi connectivity index (χ0n) is 16.4. The van der Waals surface area contributed by atoms with E-state index in [1.165, 1.54) is 0 Å². The minimum Gasteiger partial charge on any atom is -0.464 e. The molecule has 0 fully saturated rings. The standard InChI is InChI=1S/C23H25N3O2/c1-3-15-10-11-17-18(12-15)20(16-8-6-5-7-9-16)23(14-25,22(27)28-4-2)21(26)19(17)13-24/h5-9,15,20H,3-4,10-12,26H2,1-2H3/t15-,20+,23-/m0/s1. The minimum atomic E-state index is -1.73. The van der Waals surface area contributed by atoms with E-state index in [-0.39, 0.29) is 17.9 Å². The number of ether oxygens (including phenoxy) is 1. The van der Waals surface area contributed by atoms with E-state index in [0.29, 0.717) is 5.92 Å².